The first kappa shape index (κ1) is 21.7. The van der Waals surface area contributed by atoms with Gasteiger partial charge in [-0.2, -0.15) is 0 Å². The van der Waals surface area contributed by atoms with Gasteiger partial charge < -0.3 is 10.1 Å². The van der Waals surface area contributed by atoms with Gasteiger partial charge in [0.05, 0.1) is 11.7 Å². The lowest BCUT2D eigenvalue weighted by Gasteiger charge is -2.19. The van der Waals surface area contributed by atoms with E-state index in [0.29, 0.717) is 16.6 Å². The van der Waals surface area contributed by atoms with Crippen molar-refractivity contribution in [2.24, 2.45) is 5.92 Å². The smallest absolute Gasteiger partial charge is 0.328 e. The summed E-state index contributed by atoms with van der Waals surface area (Å²) in [6, 6.07) is 10.4. The fourth-order valence-corrected chi connectivity index (χ4v) is 3.78. The summed E-state index contributed by atoms with van der Waals surface area (Å²) < 4.78 is 6.81. The molecule has 0 aliphatic heterocycles. The number of benzene rings is 1. The Morgan fingerprint density at radius 1 is 1.20 bits per heavy atom. The Hall–Kier alpha value is -3.00. The van der Waals surface area contributed by atoms with Gasteiger partial charge in [0, 0.05) is 13.0 Å². The second kappa shape index (κ2) is 10.2. The molecule has 0 unspecified atom stereocenters. The molecule has 1 N–H and O–H groups in total. The molecule has 158 valence electrons. The predicted molar refractivity (Wildman–Crippen MR) is 116 cm³/mol. The maximum atomic E-state index is 12.5. The molecule has 3 rings (SSSR count). The van der Waals surface area contributed by atoms with Crippen molar-refractivity contribution in [1.82, 2.24) is 14.9 Å². The average molecular weight is 428 g/mol. The number of carbonyl (C=O) groups excluding carboxylic acids is 2. The number of nitrogens with zero attached hydrogens (tertiary/aromatic N) is 2. The topological polar surface area (TPSA) is 90.3 Å². The van der Waals surface area contributed by atoms with E-state index in [2.05, 4.69) is 10.3 Å². The van der Waals surface area contributed by atoms with Crippen LogP contribution in [0.2, 0.25) is 0 Å². The fraction of sp³-hybridized carbons (Fsp3) is 0.364. The predicted octanol–water partition coefficient (Wildman–Crippen LogP) is 3.12. The van der Waals surface area contributed by atoms with Crippen molar-refractivity contribution in [2.45, 2.75) is 45.9 Å². The molecule has 1 aromatic carbocycles. The Morgan fingerprint density at radius 3 is 2.70 bits per heavy atom. The van der Waals surface area contributed by atoms with Gasteiger partial charge in [-0.1, -0.05) is 44.2 Å². The van der Waals surface area contributed by atoms with Crippen molar-refractivity contribution in [3.05, 3.63) is 64.0 Å². The highest BCUT2D eigenvalue weighted by Gasteiger charge is 2.23. The normalized spacial score (nSPS) is 12.1. The Morgan fingerprint density at radius 2 is 1.97 bits per heavy atom. The van der Waals surface area contributed by atoms with E-state index >= 15 is 0 Å². The number of fused-ring (bicyclic) bond motifs is 1. The summed E-state index contributed by atoms with van der Waals surface area (Å²) in [6.07, 6.45) is 1.99. The first-order chi connectivity index (χ1) is 14.4. The number of hydrogen-bond donors (Lipinski definition) is 1. The highest BCUT2D eigenvalue weighted by Crippen LogP contribution is 2.13. The monoisotopic (exact) mass is 427 g/mol. The van der Waals surface area contributed by atoms with E-state index in [-0.39, 0.29) is 37.0 Å². The number of esters is 1. The van der Waals surface area contributed by atoms with Crippen molar-refractivity contribution in [1.29, 1.82) is 0 Å². The zero-order valence-electron chi connectivity index (χ0n) is 17.0. The molecule has 8 heteroatoms. The number of aromatic nitrogens is 2. The minimum atomic E-state index is -0.726. The van der Waals surface area contributed by atoms with Gasteiger partial charge >= 0.3 is 5.97 Å². The molecule has 2 heterocycles. The molecule has 0 aliphatic rings. The van der Waals surface area contributed by atoms with E-state index < -0.39 is 12.0 Å². The first-order valence-electron chi connectivity index (χ1n) is 9.86. The van der Waals surface area contributed by atoms with E-state index in [0.717, 1.165) is 5.56 Å². The zero-order chi connectivity index (χ0) is 21.5. The number of nitrogens with one attached hydrogen (secondary N) is 1. The lowest BCUT2D eigenvalue weighted by Crippen LogP contribution is -2.43. The van der Waals surface area contributed by atoms with Gasteiger partial charge in [0.15, 0.2) is 0 Å². The summed E-state index contributed by atoms with van der Waals surface area (Å²) in [6.45, 7) is 4.30. The minimum absolute atomic E-state index is 0.0673. The molecule has 1 atom stereocenters. The number of hydrogen-bond acceptors (Lipinski definition) is 6. The van der Waals surface area contributed by atoms with Gasteiger partial charge in [-0.15, -0.1) is 11.3 Å². The first-order valence-corrected chi connectivity index (χ1v) is 10.7. The van der Waals surface area contributed by atoms with Crippen LogP contribution in [-0.2, 0) is 27.5 Å². The minimum Gasteiger partial charge on any atom is -0.459 e. The summed E-state index contributed by atoms with van der Waals surface area (Å²) in [4.78, 5) is 42.3. The van der Waals surface area contributed by atoms with Crippen LogP contribution in [-0.4, -0.2) is 27.5 Å². The summed E-state index contributed by atoms with van der Waals surface area (Å²) >= 11 is 1.40. The van der Waals surface area contributed by atoms with Crippen molar-refractivity contribution >= 4 is 33.4 Å². The molecule has 2 aromatic heterocycles. The van der Waals surface area contributed by atoms with E-state index in [1.165, 1.54) is 22.2 Å². The number of thiophene rings is 1. The van der Waals surface area contributed by atoms with Crippen molar-refractivity contribution in [2.75, 3.05) is 0 Å². The van der Waals surface area contributed by atoms with Gasteiger partial charge in [0.1, 0.15) is 17.5 Å². The van der Waals surface area contributed by atoms with Crippen LogP contribution in [0.5, 0.6) is 0 Å². The molecule has 7 nitrogen and oxygen atoms in total. The van der Waals surface area contributed by atoms with Crippen LogP contribution in [0.25, 0.3) is 10.2 Å². The molecule has 0 bridgehead atoms. The molecular weight excluding hydrogens is 402 g/mol. The Bertz CT molecular complexity index is 1060. The van der Waals surface area contributed by atoms with Crippen molar-refractivity contribution in [3.63, 3.8) is 0 Å². The van der Waals surface area contributed by atoms with Crippen LogP contribution in [0.1, 0.15) is 32.3 Å². The molecular formula is C22H25N3O4S. The molecule has 30 heavy (non-hydrogen) atoms. The Balaban J connectivity index is 1.57. The quantitative estimate of drug-likeness (QED) is 0.530. The van der Waals surface area contributed by atoms with Crippen LogP contribution in [0.4, 0.5) is 0 Å². The highest BCUT2D eigenvalue weighted by atomic mass is 32.1. The van der Waals surface area contributed by atoms with Gasteiger partial charge in [-0.25, -0.2) is 9.78 Å². The third-order valence-corrected chi connectivity index (χ3v) is 5.40. The zero-order valence-corrected chi connectivity index (χ0v) is 17.9. The summed E-state index contributed by atoms with van der Waals surface area (Å²) in [5.41, 5.74) is 0.714. The second-order valence-electron chi connectivity index (χ2n) is 7.48. The van der Waals surface area contributed by atoms with Crippen molar-refractivity contribution < 1.29 is 14.3 Å². The van der Waals surface area contributed by atoms with Gasteiger partial charge in [-0.3, -0.25) is 14.2 Å². The van der Waals surface area contributed by atoms with E-state index in [9.17, 15) is 14.4 Å². The van der Waals surface area contributed by atoms with Gasteiger partial charge in [0.25, 0.3) is 5.56 Å². The van der Waals surface area contributed by atoms with Crippen LogP contribution in [0.3, 0.4) is 0 Å². The molecule has 3 aromatic rings. The molecule has 0 saturated carbocycles. The van der Waals surface area contributed by atoms with Crippen molar-refractivity contribution in [3.8, 4) is 0 Å². The molecule has 0 fully saturated rings. The third-order valence-electron chi connectivity index (χ3n) is 4.58. The number of aryl methyl sites for hydroxylation is 1. The molecule has 0 aliphatic carbocycles. The molecule has 1 amide bonds. The fourth-order valence-electron chi connectivity index (χ4n) is 3.06. The molecule has 0 spiro atoms. The van der Waals surface area contributed by atoms with Crippen LogP contribution in [0, 0.1) is 5.92 Å². The third kappa shape index (κ3) is 5.76. The van der Waals surface area contributed by atoms with E-state index in [4.69, 9.17) is 4.74 Å². The van der Waals surface area contributed by atoms with Crippen LogP contribution in [0.15, 0.2) is 52.9 Å². The van der Waals surface area contributed by atoms with E-state index in [1.54, 1.807) is 6.07 Å². The summed E-state index contributed by atoms with van der Waals surface area (Å²) in [7, 11) is 0. The number of rotatable bonds is 9. The Labute approximate surface area is 178 Å². The van der Waals surface area contributed by atoms with Gasteiger partial charge in [-0.05, 0) is 29.3 Å². The van der Waals surface area contributed by atoms with Crippen LogP contribution < -0.4 is 10.9 Å². The average Bonchev–Trinajstić information content (AvgIpc) is 3.21. The standard InChI is InChI=1S/C22H25N3O4S/c1-15(2)12-18(22(28)29-13-16-6-4-3-5-7-16)24-19(26)8-10-25-14-23-20-17(21(25)27)9-11-30-20/h3-7,9,11,14-15,18H,8,10,12-13H2,1-2H3,(H,24,26)/t18-/m0/s1. The lowest BCUT2D eigenvalue weighted by atomic mass is 10.0. The largest absolute Gasteiger partial charge is 0.459 e. The molecule has 0 saturated heterocycles. The molecule has 0 radical (unpaired) electrons. The highest BCUT2D eigenvalue weighted by molar-refractivity contribution is 7.16. The second-order valence-corrected chi connectivity index (χ2v) is 8.37. The lowest BCUT2D eigenvalue weighted by molar-refractivity contribution is -0.149. The number of ether oxygens (including phenoxy) is 1. The maximum Gasteiger partial charge on any atom is 0.328 e. The summed E-state index contributed by atoms with van der Waals surface area (Å²) in [5, 5.41) is 5.12. The SMILES string of the molecule is CC(C)C[C@H](NC(=O)CCn1cnc2sccc2c1=O)C(=O)OCc1ccccc1. The maximum absolute atomic E-state index is 12.5. The van der Waals surface area contributed by atoms with Crippen LogP contribution >= 0.6 is 11.3 Å². The number of amides is 1. The summed E-state index contributed by atoms with van der Waals surface area (Å²) in [5.74, 6) is -0.568. The van der Waals surface area contributed by atoms with Gasteiger partial charge in [0.2, 0.25) is 5.91 Å². The Kier molecular flexibility index (Phi) is 7.35. The van der Waals surface area contributed by atoms with E-state index in [1.807, 2.05) is 49.6 Å². The number of carbonyl (C=O) groups is 2.